The Hall–Kier alpha value is -1.06. The number of carbonyl (C=O) groups is 2. The zero-order valence-electron chi connectivity index (χ0n) is 7.54. The number of nitrogens with one attached hydrogen (secondary N) is 1. The zero-order chi connectivity index (χ0) is 11.1. The quantitative estimate of drug-likeness (QED) is 0.557. The highest BCUT2D eigenvalue weighted by Gasteiger charge is 2.43. The predicted octanol–water partition coefficient (Wildman–Crippen LogP) is 1.28. The van der Waals surface area contributed by atoms with Gasteiger partial charge in [0.25, 0.3) is 11.8 Å². The molecule has 2 rings (SSSR count). The molecule has 0 bridgehead atoms. The van der Waals surface area contributed by atoms with Gasteiger partial charge in [0.1, 0.15) is 4.87 Å². The van der Waals surface area contributed by atoms with Crippen LogP contribution in [0.2, 0.25) is 0 Å². The Morgan fingerprint density at radius 3 is 2.60 bits per heavy atom. The number of hydrogen-bond acceptors (Lipinski definition) is 2. The summed E-state index contributed by atoms with van der Waals surface area (Å²) in [5.41, 5.74) is 0.190. The lowest BCUT2D eigenvalue weighted by Crippen LogP contribution is -2.37. The van der Waals surface area contributed by atoms with Crippen LogP contribution in [0.4, 0.5) is 0 Å². The molecular formula is C10H7Cl2NO2. The molecule has 15 heavy (non-hydrogen) atoms. The van der Waals surface area contributed by atoms with Crippen LogP contribution >= 0.6 is 23.2 Å². The van der Waals surface area contributed by atoms with Crippen molar-refractivity contribution in [3.8, 4) is 0 Å². The van der Waals surface area contributed by atoms with E-state index in [4.69, 9.17) is 23.2 Å². The van der Waals surface area contributed by atoms with Crippen LogP contribution in [0.25, 0.3) is 0 Å². The van der Waals surface area contributed by atoms with Crippen molar-refractivity contribution in [3.63, 3.8) is 0 Å². The summed E-state index contributed by atoms with van der Waals surface area (Å²) >= 11 is 12.3. The maximum Gasteiger partial charge on any atom is 0.256 e. The Kier molecular flexibility index (Phi) is 2.44. The molecule has 0 aromatic rings. The monoisotopic (exact) mass is 243 g/mol. The third-order valence-electron chi connectivity index (χ3n) is 2.30. The van der Waals surface area contributed by atoms with Crippen molar-refractivity contribution in [1.29, 1.82) is 0 Å². The summed E-state index contributed by atoms with van der Waals surface area (Å²) in [6, 6.07) is 0. The number of rotatable bonds is 1. The van der Waals surface area contributed by atoms with Crippen LogP contribution in [0.5, 0.6) is 0 Å². The highest BCUT2D eigenvalue weighted by molar-refractivity contribution is 6.39. The molecular weight excluding hydrogens is 237 g/mol. The van der Waals surface area contributed by atoms with Gasteiger partial charge in [0.15, 0.2) is 0 Å². The highest BCUT2D eigenvalue weighted by Crippen LogP contribution is 2.38. The Bertz CT molecular complexity index is 425. The number of amides is 2. The first-order valence-corrected chi connectivity index (χ1v) is 5.12. The fourth-order valence-corrected chi connectivity index (χ4v) is 2.08. The van der Waals surface area contributed by atoms with Crippen LogP contribution in [0.1, 0.15) is 0 Å². The fourth-order valence-electron chi connectivity index (χ4n) is 1.52. The number of allylic oxidation sites excluding steroid dienone is 4. The van der Waals surface area contributed by atoms with Crippen LogP contribution in [0.3, 0.4) is 0 Å². The third-order valence-corrected chi connectivity index (χ3v) is 3.47. The molecule has 1 heterocycles. The maximum atomic E-state index is 11.4. The lowest BCUT2D eigenvalue weighted by atomic mass is 9.91. The molecule has 0 aromatic heterocycles. The van der Waals surface area contributed by atoms with Gasteiger partial charge >= 0.3 is 0 Å². The van der Waals surface area contributed by atoms with E-state index in [1.165, 1.54) is 6.08 Å². The van der Waals surface area contributed by atoms with Gasteiger partial charge in [-0.05, 0) is 0 Å². The fraction of sp³-hybridized carbons (Fsp3) is 0.200. The molecule has 2 atom stereocenters. The summed E-state index contributed by atoms with van der Waals surface area (Å²) in [6.45, 7) is 0. The zero-order valence-corrected chi connectivity index (χ0v) is 9.05. The molecule has 1 aliphatic carbocycles. The first-order chi connectivity index (χ1) is 7.04. The molecule has 1 aliphatic heterocycles. The molecule has 0 saturated carbocycles. The lowest BCUT2D eigenvalue weighted by molar-refractivity contribution is -0.123. The second kappa shape index (κ2) is 3.51. The van der Waals surface area contributed by atoms with E-state index in [1.807, 2.05) is 0 Å². The minimum atomic E-state index is -1.13. The summed E-state index contributed by atoms with van der Waals surface area (Å²) in [7, 11) is 0. The van der Waals surface area contributed by atoms with E-state index in [0.717, 1.165) is 0 Å². The number of halogens is 2. The molecule has 0 spiro atoms. The average Bonchev–Trinajstić information content (AvgIpc) is 2.51. The van der Waals surface area contributed by atoms with Gasteiger partial charge in [0.2, 0.25) is 0 Å². The number of carbonyl (C=O) groups excluding carboxylic acids is 2. The van der Waals surface area contributed by atoms with Gasteiger partial charge < -0.3 is 0 Å². The normalized spacial score (nSPS) is 34.3. The van der Waals surface area contributed by atoms with Gasteiger partial charge in [0, 0.05) is 11.6 Å². The van der Waals surface area contributed by atoms with Gasteiger partial charge in [0.05, 0.1) is 5.38 Å². The molecule has 2 amide bonds. The van der Waals surface area contributed by atoms with E-state index < -0.39 is 22.1 Å². The first-order valence-electron chi connectivity index (χ1n) is 4.30. The summed E-state index contributed by atoms with van der Waals surface area (Å²) in [5.74, 6) is -0.942. The SMILES string of the molecule is O=C1C=C(C2(Cl)C=CC=CC2Cl)C(=O)N1. The van der Waals surface area contributed by atoms with Gasteiger partial charge in [-0.25, -0.2) is 0 Å². The van der Waals surface area contributed by atoms with Crippen molar-refractivity contribution in [1.82, 2.24) is 5.32 Å². The van der Waals surface area contributed by atoms with E-state index in [-0.39, 0.29) is 5.57 Å². The second-order valence-electron chi connectivity index (χ2n) is 3.29. The van der Waals surface area contributed by atoms with Crippen LogP contribution in [-0.2, 0) is 9.59 Å². The summed E-state index contributed by atoms with van der Waals surface area (Å²) in [4.78, 5) is 21.3. The predicted molar refractivity (Wildman–Crippen MR) is 57.7 cm³/mol. The van der Waals surface area contributed by atoms with E-state index in [0.29, 0.717) is 0 Å². The van der Waals surface area contributed by atoms with Crippen LogP contribution in [0.15, 0.2) is 36.0 Å². The van der Waals surface area contributed by atoms with Crippen LogP contribution < -0.4 is 5.32 Å². The summed E-state index contributed by atoms with van der Waals surface area (Å²) < 4.78 is 0. The minimum absolute atomic E-state index is 0.190. The largest absolute Gasteiger partial charge is 0.289 e. The van der Waals surface area contributed by atoms with Crippen molar-refractivity contribution in [3.05, 3.63) is 36.0 Å². The summed E-state index contributed by atoms with van der Waals surface area (Å²) in [5, 5.41) is 1.59. The van der Waals surface area contributed by atoms with E-state index in [2.05, 4.69) is 5.32 Å². The lowest BCUT2D eigenvalue weighted by Gasteiger charge is -2.28. The van der Waals surface area contributed by atoms with Crippen LogP contribution in [0, 0.1) is 0 Å². The van der Waals surface area contributed by atoms with Gasteiger partial charge in [-0.2, -0.15) is 0 Å². The van der Waals surface area contributed by atoms with Crippen molar-refractivity contribution in [2.75, 3.05) is 0 Å². The first kappa shape index (κ1) is 10.5. The Morgan fingerprint density at radius 2 is 2.07 bits per heavy atom. The maximum absolute atomic E-state index is 11.4. The summed E-state index contributed by atoms with van der Waals surface area (Å²) in [6.07, 6.45) is 7.91. The van der Waals surface area contributed by atoms with E-state index >= 15 is 0 Å². The number of hydrogen-bond donors (Lipinski definition) is 1. The van der Waals surface area contributed by atoms with E-state index in [1.54, 1.807) is 24.3 Å². The Morgan fingerprint density at radius 1 is 1.33 bits per heavy atom. The molecule has 78 valence electrons. The highest BCUT2D eigenvalue weighted by atomic mass is 35.5. The van der Waals surface area contributed by atoms with E-state index in [9.17, 15) is 9.59 Å². The molecule has 1 N–H and O–H groups in total. The van der Waals surface area contributed by atoms with Crippen LogP contribution in [-0.4, -0.2) is 22.1 Å². The smallest absolute Gasteiger partial charge is 0.256 e. The molecule has 0 radical (unpaired) electrons. The standard InChI is InChI=1S/C10H7Cl2NO2/c11-7-3-1-2-4-10(7,12)6-5-8(14)13-9(6)15/h1-5,7H,(H,13,14,15). The Balaban J connectivity index is 2.42. The molecule has 2 unspecified atom stereocenters. The second-order valence-corrected chi connectivity index (χ2v) is 4.39. The van der Waals surface area contributed by atoms with Crippen molar-refractivity contribution < 1.29 is 9.59 Å². The molecule has 5 heteroatoms. The van der Waals surface area contributed by atoms with Crippen molar-refractivity contribution in [2.45, 2.75) is 10.3 Å². The topological polar surface area (TPSA) is 46.2 Å². The van der Waals surface area contributed by atoms with Gasteiger partial charge in [-0.1, -0.05) is 24.3 Å². The average molecular weight is 244 g/mol. The molecule has 0 fully saturated rings. The third kappa shape index (κ3) is 1.62. The minimum Gasteiger partial charge on any atom is -0.289 e. The molecule has 2 aliphatic rings. The Labute approximate surface area is 96.4 Å². The number of imide groups is 1. The van der Waals surface area contributed by atoms with Gasteiger partial charge in [-0.15, -0.1) is 23.2 Å². The molecule has 3 nitrogen and oxygen atoms in total. The van der Waals surface area contributed by atoms with Gasteiger partial charge in [-0.3, -0.25) is 14.9 Å². The van der Waals surface area contributed by atoms with Crippen molar-refractivity contribution in [2.24, 2.45) is 0 Å². The molecule has 0 aromatic carbocycles. The molecule has 0 saturated heterocycles. The number of alkyl halides is 2. The van der Waals surface area contributed by atoms with Crippen molar-refractivity contribution >= 4 is 35.0 Å².